The van der Waals surface area contributed by atoms with Crippen LogP contribution in [0.5, 0.6) is 17.2 Å². The maximum Gasteiger partial charge on any atom is 0.186 e. The van der Waals surface area contributed by atoms with Crippen LogP contribution < -0.4 is 5.32 Å². The first kappa shape index (κ1) is 27.1. The lowest BCUT2D eigenvalue weighted by molar-refractivity contribution is 0.400. The van der Waals surface area contributed by atoms with Gasteiger partial charge in [0.1, 0.15) is 11.4 Å². The maximum absolute atomic E-state index is 11.5. The first-order chi connectivity index (χ1) is 21.4. The van der Waals surface area contributed by atoms with Crippen LogP contribution in [0.25, 0.3) is 66.4 Å². The van der Waals surface area contributed by atoms with Crippen LogP contribution in [-0.4, -0.2) is 15.3 Å². The highest BCUT2D eigenvalue weighted by Crippen LogP contribution is 2.52. The molecule has 0 aliphatic carbocycles. The Balaban J connectivity index is 1.41. The number of nitrogens with one attached hydrogen (secondary N) is 1. The summed E-state index contributed by atoms with van der Waals surface area (Å²) in [5.41, 5.74) is 3.96. The van der Waals surface area contributed by atoms with Gasteiger partial charge in [0.15, 0.2) is 11.5 Å². The Hall–Kier alpha value is -5.74. The summed E-state index contributed by atoms with van der Waals surface area (Å²) < 4.78 is 0. The predicted molar refractivity (Wildman–Crippen MR) is 186 cm³/mol. The largest absolute Gasteiger partial charge is 0.505 e. The zero-order valence-electron chi connectivity index (χ0n) is 24.5. The third kappa shape index (κ3) is 4.07. The van der Waals surface area contributed by atoms with Gasteiger partial charge >= 0.3 is 0 Å². The fourth-order valence-corrected chi connectivity index (χ4v) is 6.57. The molecule has 0 atom stereocenters. The normalized spacial score (nSPS) is 11.7. The molecule has 0 saturated carbocycles. The molecule has 44 heavy (non-hydrogen) atoms. The van der Waals surface area contributed by atoms with Gasteiger partial charge < -0.3 is 20.6 Å². The molecule has 0 amide bonds. The van der Waals surface area contributed by atoms with Gasteiger partial charge in [-0.15, -0.1) is 0 Å². The lowest BCUT2D eigenvalue weighted by Gasteiger charge is -2.21. The van der Waals surface area contributed by atoms with Gasteiger partial charge in [0.25, 0.3) is 0 Å². The molecule has 0 fully saturated rings. The molecule has 7 aromatic carbocycles. The van der Waals surface area contributed by atoms with Crippen molar-refractivity contribution < 1.29 is 15.3 Å². The number of aromatic hydroxyl groups is 3. The Morgan fingerprint density at radius 1 is 0.614 bits per heavy atom. The number of hydrogen-bond donors (Lipinski definition) is 4. The lowest BCUT2D eigenvalue weighted by atomic mass is 9.87. The zero-order chi connectivity index (χ0) is 30.5. The Bertz CT molecular complexity index is 2270. The summed E-state index contributed by atoms with van der Waals surface area (Å²) in [4.78, 5) is 0. The van der Waals surface area contributed by atoms with E-state index in [2.05, 4.69) is 48.3 Å². The standard InChI is InChI=1S/C40H31NO3/c1-4-12-28-26(5-2)27-14-7-6-13-24(27)21-35(28)36-23(3)38(42)37(40(44)39(36)43)41-25-19-20-33-31-17-9-8-15-29(31)30-16-10-11-18-32(30)34(33)22-25/h4-22,41-44H,2H2,1,3H3/b12-4-. The highest BCUT2D eigenvalue weighted by atomic mass is 16.3. The molecule has 0 bridgehead atoms. The van der Waals surface area contributed by atoms with Crippen LogP contribution >= 0.6 is 0 Å². The summed E-state index contributed by atoms with van der Waals surface area (Å²) in [5.74, 6) is -0.874. The van der Waals surface area contributed by atoms with E-state index in [0.717, 1.165) is 48.8 Å². The van der Waals surface area contributed by atoms with Crippen molar-refractivity contribution in [2.45, 2.75) is 13.8 Å². The summed E-state index contributed by atoms with van der Waals surface area (Å²) in [7, 11) is 0. The van der Waals surface area contributed by atoms with E-state index in [-0.39, 0.29) is 17.2 Å². The molecule has 4 heteroatoms. The number of allylic oxidation sites excluding steroid dienone is 1. The van der Waals surface area contributed by atoms with E-state index < -0.39 is 5.75 Å². The number of anilines is 2. The Morgan fingerprint density at radius 2 is 1.18 bits per heavy atom. The molecule has 0 aliphatic heterocycles. The number of benzene rings is 7. The van der Waals surface area contributed by atoms with Crippen LogP contribution in [-0.2, 0) is 0 Å². The molecule has 0 saturated heterocycles. The van der Waals surface area contributed by atoms with Crippen molar-refractivity contribution in [2.75, 3.05) is 5.32 Å². The highest BCUT2D eigenvalue weighted by molar-refractivity contribution is 6.25. The minimum Gasteiger partial charge on any atom is -0.505 e. The monoisotopic (exact) mass is 573 g/mol. The Labute approximate surface area is 255 Å². The maximum atomic E-state index is 11.5. The molecule has 7 aromatic rings. The topological polar surface area (TPSA) is 72.7 Å². The molecule has 214 valence electrons. The van der Waals surface area contributed by atoms with Crippen LogP contribution in [0, 0.1) is 6.92 Å². The molecule has 4 nitrogen and oxygen atoms in total. The minimum absolute atomic E-state index is 0.0468. The smallest absolute Gasteiger partial charge is 0.186 e. The first-order valence-electron chi connectivity index (χ1n) is 14.6. The summed E-state index contributed by atoms with van der Waals surface area (Å²) in [6, 6.07) is 32.6. The molecule has 0 radical (unpaired) electrons. The molecule has 7 rings (SSSR count). The third-order valence-corrected chi connectivity index (χ3v) is 8.62. The van der Waals surface area contributed by atoms with Gasteiger partial charge in [-0.1, -0.05) is 104 Å². The predicted octanol–water partition coefficient (Wildman–Crippen LogP) is 10.8. The van der Waals surface area contributed by atoms with Gasteiger partial charge in [-0.2, -0.15) is 0 Å². The molecule has 0 aliphatic rings. The number of rotatable bonds is 5. The fraction of sp³-hybridized carbons (Fsp3) is 0.0500. The van der Waals surface area contributed by atoms with Crippen LogP contribution in [0.15, 0.2) is 110 Å². The van der Waals surface area contributed by atoms with Crippen molar-refractivity contribution in [3.05, 3.63) is 126 Å². The lowest BCUT2D eigenvalue weighted by Crippen LogP contribution is -1.98. The highest BCUT2D eigenvalue weighted by Gasteiger charge is 2.25. The van der Waals surface area contributed by atoms with Crippen molar-refractivity contribution in [1.29, 1.82) is 0 Å². The van der Waals surface area contributed by atoms with Gasteiger partial charge in [0.2, 0.25) is 0 Å². The van der Waals surface area contributed by atoms with Crippen LogP contribution in [0.3, 0.4) is 0 Å². The van der Waals surface area contributed by atoms with Crippen molar-refractivity contribution in [3.63, 3.8) is 0 Å². The van der Waals surface area contributed by atoms with Gasteiger partial charge in [-0.25, -0.2) is 0 Å². The SMILES string of the molecule is C=Cc1c(/C=C\C)c(-c2c(C)c(O)c(Nc3ccc4c5ccccc5c5ccccc5c4c3)c(O)c2O)cc2ccccc12. The second kappa shape index (κ2) is 10.5. The second-order valence-electron chi connectivity index (χ2n) is 11.1. The first-order valence-corrected chi connectivity index (χ1v) is 14.6. The molecular formula is C40H31NO3. The Kier molecular flexibility index (Phi) is 6.48. The summed E-state index contributed by atoms with van der Waals surface area (Å²) in [6.45, 7) is 7.73. The minimum atomic E-state index is -0.425. The average molecular weight is 574 g/mol. The molecule has 0 heterocycles. The van der Waals surface area contributed by atoms with Crippen molar-refractivity contribution >= 4 is 66.6 Å². The van der Waals surface area contributed by atoms with E-state index in [1.165, 1.54) is 5.39 Å². The number of phenols is 3. The van der Waals surface area contributed by atoms with E-state index in [1.54, 1.807) is 13.0 Å². The van der Waals surface area contributed by atoms with Crippen molar-refractivity contribution in [3.8, 4) is 28.4 Å². The molecular weight excluding hydrogens is 542 g/mol. The van der Waals surface area contributed by atoms with E-state index in [0.29, 0.717) is 22.4 Å². The fourth-order valence-electron chi connectivity index (χ4n) is 6.57. The molecule has 0 aromatic heterocycles. The van der Waals surface area contributed by atoms with Crippen LogP contribution in [0.1, 0.15) is 23.6 Å². The van der Waals surface area contributed by atoms with E-state index in [4.69, 9.17) is 0 Å². The zero-order valence-corrected chi connectivity index (χ0v) is 24.5. The summed E-state index contributed by atoms with van der Waals surface area (Å²) in [6.07, 6.45) is 5.69. The molecule has 4 N–H and O–H groups in total. The van der Waals surface area contributed by atoms with Crippen LogP contribution in [0.2, 0.25) is 0 Å². The van der Waals surface area contributed by atoms with E-state index >= 15 is 0 Å². The quantitative estimate of drug-likeness (QED) is 0.0939. The van der Waals surface area contributed by atoms with Crippen molar-refractivity contribution in [2.24, 2.45) is 0 Å². The Morgan fingerprint density at radius 3 is 1.80 bits per heavy atom. The number of hydrogen-bond acceptors (Lipinski definition) is 4. The van der Waals surface area contributed by atoms with Gasteiger partial charge in [-0.05, 0) is 91.8 Å². The van der Waals surface area contributed by atoms with Crippen LogP contribution in [0.4, 0.5) is 11.4 Å². The number of fused-ring (bicyclic) bond motifs is 7. The van der Waals surface area contributed by atoms with Gasteiger partial charge in [0.05, 0.1) is 0 Å². The van der Waals surface area contributed by atoms with E-state index in [9.17, 15) is 15.3 Å². The average Bonchev–Trinajstić information content (AvgIpc) is 3.06. The molecule has 0 unspecified atom stereocenters. The van der Waals surface area contributed by atoms with Gasteiger partial charge in [-0.3, -0.25) is 0 Å². The van der Waals surface area contributed by atoms with Crippen molar-refractivity contribution in [1.82, 2.24) is 0 Å². The van der Waals surface area contributed by atoms with E-state index in [1.807, 2.05) is 79.7 Å². The molecule has 0 spiro atoms. The number of phenolic OH excluding ortho intramolecular Hbond substituents is 3. The third-order valence-electron chi connectivity index (χ3n) is 8.62. The summed E-state index contributed by atoms with van der Waals surface area (Å²) >= 11 is 0. The summed E-state index contributed by atoms with van der Waals surface area (Å²) in [5, 5.41) is 46.4. The van der Waals surface area contributed by atoms with Gasteiger partial charge in [0, 0.05) is 16.8 Å². The second-order valence-corrected chi connectivity index (χ2v) is 11.1.